The Hall–Kier alpha value is -10.1. The van der Waals surface area contributed by atoms with Crippen LogP contribution in [0.3, 0.4) is 0 Å². The Labute approximate surface area is 728 Å². The van der Waals surface area contributed by atoms with E-state index in [-0.39, 0.29) is 34.1 Å². The third-order valence-corrected chi connectivity index (χ3v) is 40.9. The molecule has 0 saturated heterocycles. The van der Waals surface area contributed by atoms with Crippen LogP contribution in [0, 0.1) is 0 Å². The molecule has 0 spiro atoms. The van der Waals surface area contributed by atoms with E-state index >= 15 is 0 Å². The van der Waals surface area contributed by atoms with E-state index in [1.807, 2.05) is 72.8 Å². The number of benzene rings is 16. The molecule has 0 bridgehead atoms. The minimum Gasteiger partial charge on any atom is -0.373 e. The Balaban J connectivity index is 0.000000219. The Morgan fingerprint density at radius 2 is 0.220 bits per heavy atom. The van der Waals surface area contributed by atoms with Crippen molar-refractivity contribution in [1.29, 1.82) is 0 Å². The van der Waals surface area contributed by atoms with Crippen molar-refractivity contribution in [3.63, 3.8) is 0 Å². The fraction of sp³-hybridized carbons (Fsp3) is 0.0588. The normalized spacial score (nSPS) is 10.6. The van der Waals surface area contributed by atoms with Crippen LogP contribution >= 0.6 is 47.5 Å². The van der Waals surface area contributed by atoms with Gasteiger partial charge in [0.1, 0.15) is 12.3 Å². The van der Waals surface area contributed by atoms with Crippen LogP contribution < -0.4 is 74.6 Å². The monoisotopic (exact) mass is 1730 g/mol. The number of hydrogen-bond donors (Lipinski definition) is 0. The summed E-state index contributed by atoms with van der Waals surface area (Å²) >= 11 is 0. The first kappa shape index (κ1) is 91.8. The predicted molar refractivity (Wildman–Crippen MR) is 529 cm³/mol. The Kier molecular flexibility index (Phi) is 40.4. The zero-order valence-electron chi connectivity index (χ0n) is 66.1. The van der Waals surface area contributed by atoms with Crippen LogP contribution in [-0.2, 0) is 34.1 Å². The summed E-state index contributed by atoms with van der Waals surface area (Å²) in [6.45, 7) is 0. The van der Waals surface area contributed by atoms with Crippen molar-refractivity contribution >= 4 is 134 Å². The van der Waals surface area contributed by atoms with E-state index in [0.717, 1.165) is 0 Å². The number of hydrogen-bond acceptors (Lipinski definition) is 0. The average Bonchev–Trinajstić information content (AvgIpc) is 0.766. The molecule has 0 aromatic heterocycles. The number of rotatable bonds is 26. The van der Waals surface area contributed by atoms with Gasteiger partial charge in [-0.3, -0.25) is 9.82 Å². The van der Waals surface area contributed by atoms with E-state index in [1.165, 1.54) is 110 Å². The van der Waals surface area contributed by atoms with Gasteiger partial charge in [0.25, 0.3) is 0 Å². The topological polar surface area (TPSA) is 117 Å². The van der Waals surface area contributed by atoms with Crippen molar-refractivity contribution in [3.05, 3.63) is 529 Å². The molecule has 16 aromatic rings. The van der Waals surface area contributed by atoms with E-state index < -0.39 is 59.8 Å². The summed E-state index contributed by atoms with van der Waals surface area (Å²) in [6, 6.07) is 192. The van der Waals surface area contributed by atoms with E-state index in [0.29, 0.717) is 0 Å². The van der Waals surface area contributed by atoms with Crippen LogP contribution in [0.2, 0.25) is 0 Å². The molecular weight excluding hydrogens is 1630 g/mol. The zero-order valence-corrected chi connectivity index (χ0v) is 74.3. The summed E-state index contributed by atoms with van der Waals surface area (Å²) in [5.41, 5.74) is 30.1. The molecule has 0 heterocycles. The summed E-state index contributed by atoms with van der Waals surface area (Å²) in [7, 11) is -6.95. The van der Waals surface area contributed by atoms with Gasteiger partial charge in [-0.1, -0.05) is 352 Å². The van der Waals surface area contributed by atoms with Gasteiger partial charge in [-0.2, -0.15) is 10.9 Å². The van der Waals surface area contributed by atoms with E-state index in [4.69, 9.17) is 22.1 Å². The molecule has 16 heteroatoms. The van der Waals surface area contributed by atoms with Gasteiger partial charge < -0.3 is 22.1 Å². The number of nitrogens with zero attached hydrogens (tertiary/aromatic N) is 6. The van der Waals surface area contributed by atoms with Crippen molar-refractivity contribution in [2.24, 2.45) is 0 Å². The van der Waals surface area contributed by atoms with E-state index in [1.54, 1.807) is 10.9 Å². The van der Waals surface area contributed by atoms with Crippen LogP contribution in [0.4, 0.5) is 0 Å². The van der Waals surface area contributed by atoms with E-state index in [9.17, 15) is 0 Å². The fourth-order valence-corrected chi connectivity index (χ4v) is 37.6. The second-order valence-corrected chi connectivity index (χ2v) is 43.9. The van der Waals surface area contributed by atoms with Crippen molar-refractivity contribution in [1.82, 2.24) is 0 Å². The molecule has 584 valence electrons. The van der Waals surface area contributed by atoms with Crippen molar-refractivity contribution in [2.75, 3.05) is 36.4 Å². The van der Waals surface area contributed by atoms with Crippen LogP contribution in [0.1, 0.15) is 0 Å². The zero-order chi connectivity index (χ0) is 80.2. The van der Waals surface area contributed by atoms with Gasteiger partial charge in [-0.15, -0.1) is 0 Å². The first-order chi connectivity index (χ1) is 57.4. The summed E-state index contributed by atoms with van der Waals surface area (Å²) < 4.78 is 0. The van der Waals surface area contributed by atoms with Crippen LogP contribution in [0.25, 0.3) is 31.9 Å². The predicted octanol–water partition coefficient (Wildman–Crippen LogP) is 20.2. The van der Waals surface area contributed by atoms with Gasteiger partial charge in [0.15, 0.2) is 0 Å². The van der Waals surface area contributed by atoms with Crippen molar-refractivity contribution in [2.45, 2.75) is 0 Å². The van der Waals surface area contributed by atoms with Crippen molar-refractivity contribution < 1.29 is 34.1 Å². The minimum atomic E-state index is -1.16. The third kappa shape index (κ3) is 28.0. The first-order valence-electron chi connectivity index (χ1n) is 39.7. The van der Waals surface area contributed by atoms with Crippen LogP contribution in [-0.4, -0.2) is 48.7 Å². The molecule has 16 aromatic carbocycles. The van der Waals surface area contributed by atoms with E-state index in [2.05, 4.69) is 425 Å². The molecular formula is C102H100B2Fe2N6P6+6. The maximum Gasteiger partial charge on any atom is 2.00 e. The van der Waals surface area contributed by atoms with Gasteiger partial charge >= 0.3 is 34.1 Å². The SMILES string of the molecule is [Fe+2].[Fe+2].[N-]=[N+]=[N-].[N-]=[N+]=[N-].c1ccc([PH+](C[B-](C[PH+](c2ccccc2)c2ccccc2)(C[PH+](c2ccccc2)c2ccccc2)c2ccccc2)c2ccccc2)cc1.c1ccc([PH+](C[B-](C[PH+](c2ccccc2)c2ccccc2)(C[PH+](c2ccccc2)c2ccccc2)c2ccccc2)c2ccccc2)cc1.c1ccccc1.c1ccccc1. The van der Waals surface area contributed by atoms with Gasteiger partial charge in [-0.05, 0) is 182 Å². The molecule has 0 saturated carbocycles. The van der Waals surface area contributed by atoms with Gasteiger partial charge in [0.05, 0.1) is 63.7 Å². The largest absolute Gasteiger partial charge is 2.00 e. The maximum atomic E-state index is 6.75. The quantitative estimate of drug-likeness (QED) is 0.0169. The van der Waals surface area contributed by atoms with Crippen LogP contribution in [0.5, 0.6) is 0 Å². The maximum absolute atomic E-state index is 6.75. The minimum absolute atomic E-state index is 0. The van der Waals surface area contributed by atoms with Gasteiger partial charge in [0, 0.05) is 47.5 Å². The molecule has 0 atom stereocenters. The van der Waals surface area contributed by atoms with Gasteiger partial charge in [-0.25, -0.2) is 0 Å². The third-order valence-electron chi connectivity index (χ3n) is 21.4. The second kappa shape index (κ2) is 51.9. The summed E-state index contributed by atoms with van der Waals surface area (Å²) in [6.07, 6.45) is -2.18. The summed E-state index contributed by atoms with van der Waals surface area (Å²) in [5, 5.41) is 18.0. The molecule has 6 nitrogen and oxygen atoms in total. The standard InChI is InChI=1S/2C45H41BP3.2C6H6.2Fe.2N3/c2*1-8-22-39(23-9-1)46(36-47(40-24-10-2-11-25-40)41-26-12-3-13-27-41,37-48(42-28-14-4-15-29-42)43-30-16-5-17-31-43)38-49(44-32-18-6-19-33-44)45-34-20-7-21-35-45;2*1-2-4-6-5-3-1;;;2*1-3-2/h2*1-35H,36-38H2;2*1-6H;;;;/q2*-1;;;2*+2;2*-1/p+6. The Morgan fingerprint density at radius 1 is 0.144 bits per heavy atom. The molecule has 0 aliphatic heterocycles. The molecule has 0 fully saturated rings. The second-order valence-electron chi connectivity index (χ2n) is 28.8. The molecule has 0 N–H and O–H groups in total. The smallest absolute Gasteiger partial charge is 0.373 e. The fourth-order valence-electron chi connectivity index (χ4n) is 16.1. The summed E-state index contributed by atoms with van der Waals surface area (Å²) in [5.74, 6) is 0. The van der Waals surface area contributed by atoms with Gasteiger partial charge in [0.2, 0.25) is 0 Å². The van der Waals surface area contributed by atoms with Crippen molar-refractivity contribution in [3.8, 4) is 0 Å². The molecule has 0 amide bonds. The molecule has 118 heavy (non-hydrogen) atoms. The first-order valence-corrected chi connectivity index (χ1v) is 49.9. The average molecular weight is 1730 g/mol. The summed E-state index contributed by atoms with van der Waals surface area (Å²) in [4.78, 5) is 3.00. The molecule has 0 aliphatic carbocycles. The molecule has 0 aliphatic rings. The molecule has 16 rings (SSSR count). The molecule has 0 unspecified atom stereocenters. The molecule has 0 radical (unpaired) electrons. The van der Waals surface area contributed by atoms with Crippen LogP contribution in [0.15, 0.2) is 497 Å². The Morgan fingerprint density at radius 3 is 0.314 bits per heavy atom. The Bertz CT molecular complexity index is 4330.